The Hall–Kier alpha value is -1.55. The third-order valence-electron chi connectivity index (χ3n) is 2.62. The summed E-state index contributed by atoms with van der Waals surface area (Å²) < 4.78 is 29.2. The van der Waals surface area contributed by atoms with Gasteiger partial charge in [0.15, 0.2) is 0 Å². The molecule has 4 nitrogen and oxygen atoms in total. The molecule has 7 heteroatoms. The molecule has 108 valence electrons. The van der Waals surface area contributed by atoms with Crippen LogP contribution in [0.1, 0.15) is 11.1 Å². The Bertz CT molecular complexity index is 815. The zero-order valence-electron chi connectivity index (χ0n) is 10.6. The molecule has 0 amide bonds. The Kier molecular flexibility index (Phi) is 4.88. The second-order valence-electron chi connectivity index (χ2n) is 4.13. The smallest absolute Gasteiger partial charge is 0.265 e. The van der Waals surface area contributed by atoms with Gasteiger partial charge in [-0.15, -0.1) is 0 Å². The first-order valence-corrected chi connectivity index (χ1v) is 8.86. The van der Waals surface area contributed by atoms with Crippen molar-refractivity contribution in [3.05, 3.63) is 58.1 Å². The maximum absolute atomic E-state index is 11.5. The van der Waals surface area contributed by atoms with E-state index in [0.717, 1.165) is 5.56 Å². The average Bonchev–Trinajstić information content (AvgIpc) is 2.45. The maximum atomic E-state index is 11.5. The Morgan fingerprint density at radius 3 is 2.67 bits per heavy atom. The van der Waals surface area contributed by atoms with E-state index in [9.17, 15) is 8.42 Å². The van der Waals surface area contributed by atoms with E-state index >= 15 is 0 Å². The van der Waals surface area contributed by atoms with Crippen LogP contribution in [-0.4, -0.2) is 8.42 Å². The van der Waals surface area contributed by atoms with Crippen LogP contribution in [0.25, 0.3) is 0 Å². The zero-order chi connectivity index (χ0) is 15.5. The van der Waals surface area contributed by atoms with Crippen molar-refractivity contribution in [2.75, 3.05) is 0 Å². The third kappa shape index (κ3) is 4.21. The summed E-state index contributed by atoms with van der Waals surface area (Å²) in [6, 6.07) is 13.5. The summed E-state index contributed by atoms with van der Waals surface area (Å²) in [5.74, 6) is 0.163. The van der Waals surface area contributed by atoms with E-state index in [1.165, 1.54) is 12.1 Å². The van der Waals surface area contributed by atoms with Gasteiger partial charge >= 0.3 is 0 Å². The molecule has 2 rings (SSSR count). The molecule has 0 spiro atoms. The molecule has 21 heavy (non-hydrogen) atoms. The molecule has 0 bridgehead atoms. The van der Waals surface area contributed by atoms with Crippen molar-refractivity contribution in [3.63, 3.8) is 0 Å². The van der Waals surface area contributed by atoms with E-state index in [4.69, 9.17) is 20.7 Å². The van der Waals surface area contributed by atoms with Gasteiger partial charge in [0.2, 0.25) is 0 Å². The summed E-state index contributed by atoms with van der Waals surface area (Å²) in [5.41, 5.74) is 1.27. The summed E-state index contributed by atoms with van der Waals surface area (Å²) in [5, 5.41) is 8.84. The van der Waals surface area contributed by atoms with Crippen LogP contribution in [0.2, 0.25) is 0 Å². The first-order valence-electron chi connectivity index (χ1n) is 5.76. The second-order valence-corrected chi connectivity index (χ2v) is 7.58. The van der Waals surface area contributed by atoms with Crippen LogP contribution in [0, 0.1) is 11.3 Å². The van der Waals surface area contributed by atoms with E-state index < -0.39 is 9.05 Å². The lowest BCUT2D eigenvalue weighted by atomic mass is 10.1. The summed E-state index contributed by atoms with van der Waals surface area (Å²) in [7, 11) is 1.49. The highest BCUT2D eigenvalue weighted by atomic mass is 79.9. The van der Waals surface area contributed by atoms with Gasteiger partial charge in [-0.25, -0.2) is 8.42 Å². The van der Waals surface area contributed by atoms with Crippen molar-refractivity contribution >= 4 is 35.7 Å². The van der Waals surface area contributed by atoms with Gasteiger partial charge in [-0.1, -0.05) is 28.1 Å². The minimum absolute atomic E-state index is 0.102. The van der Waals surface area contributed by atoms with E-state index in [1.807, 2.05) is 6.07 Å². The standard InChI is InChI=1S/C14H9BrClNO3S/c15-12-4-5-13(14(7-12)21(16,18)19)20-9-11-3-1-2-10(6-11)8-17/h1-7H,9H2. The van der Waals surface area contributed by atoms with Gasteiger partial charge in [0, 0.05) is 15.2 Å². The van der Waals surface area contributed by atoms with Gasteiger partial charge < -0.3 is 4.74 Å². The number of hydrogen-bond acceptors (Lipinski definition) is 4. The lowest BCUT2D eigenvalue weighted by Crippen LogP contribution is -2.01. The fourth-order valence-corrected chi connectivity index (χ4v) is 3.19. The summed E-state index contributed by atoms with van der Waals surface area (Å²) >= 11 is 3.19. The highest BCUT2D eigenvalue weighted by Crippen LogP contribution is 2.30. The predicted octanol–water partition coefficient (Wildman–Crippen LogP) is 3.83. The van der Waals surface area contributed by atoms with Crippen molar-refractivity contribution in [3.8, 4) is 11.8 Å². The molecule has 0 atom stereocenters. The van der Waals surface area contributed by atoms with Crippen LogP contribution in [0.3, 0.4) is 0 Å². The van der Waals surface area contributed by atoms with Crippen LogP contribution in [0.15, 0.2) is 51.8 Å². The predicted molar refractivity (Wildman–Crippen MR) is 82.7 cm³/mol. The molecule has 2 aromatic rings. The molecule has 0 saturated heterocycles. The fraction of sp³-hybridized carbons (Fsp3) is 0.0714. The van der Waals surface area contributed by atoms with E-state index in [1.54, 1.807) is 30.3 Å². The van der Waals surface area contributed by atoms with Crippen molar-refractivity contribution < 1.29 is 13.2 Å². The third-order valence-corrected chi connectivity index (χ3v) is 4.46. The Balaban J connectivity index is 2.26. The lowest BCUT2D eigenvalue weighted by Gasteiger charge is -2.10. The molecule has 0 aliphatic heterocycles. The lowest BCUT2D eigenvalue weighted by molar-refractivity contribution is 0.298. The largest absolute Gasteiger partial charge is 0.487 e. The first kappa shape index (κ1) is 15.8. The number of rotatable bonds is 4. The van der Waals surface area contributed by atoms with Crippen LogP contribution in [0.5, 0.6) is 5.75 Å². The van der Waals surface area contributed by atoms with Crippen molar-refractivity contribution in [1.29, 1.82) is 5.26 Å². The zero-order valence-corrected chi connectivity index (χ0v) is 13.7. The van der Waals surface area contributed by atoms with Crippen molar-refractivity contribution in [2.24, 2.45) is 0 Å². The molecule has 0 saturated carbocycles. The topological polar surface area (TPSA) is 67.2 Å². The summed E-state index contributed by atoms with van der Waals surface area (Å²) in [6.07, 6.45) is 0. The number of ether oxygens (including phenoxy) is 1. The quantitative estimate of drug-likeness (QED) is 0.749. The minimum Gasteiger partial charge on any atom is -0.487 e. The van der Waals surface area contributed by atoms with Gasteiger partial charge in [-0.3, -0.25) is 0 Å². The molecule has 0 heterocycles. The van der Waals surface area contributed by atoms with Gasteiger partial charge in [0.25, 0.3) is 9.05 Å². The van der Waals surface area contributed by atoms with E-state index in [-0.39, 0.29) is 17.3 Å². The number of hydrogen-bond donors (Lipinski definition) is 0. The molecule has 0 unspecified atom stereocenters. The Morgan fingerprint density at radius 1 is 1.24 bits per heavy atom. The first-order chi connectivity index (χ1) is 9.90. The molecule has 0 aliphatic rings. The molecular weight excluding hydrogens is 378 g/mol. The molecule has 0 fully saturated rings. The second kappa shape index (κ2) is 6.48. The van der Waals surface area contributed by atoms with Crippen LogP contribution >= 0.6 is 26.6 Å². The number of nitriles is 1. The molecule has 0 aliphatic carbocycles. The van der Waals surface area contributed by atoms with Crippen LogP contribution < -0.4 is 4.74 Å². The van der Waals surface area contributed by atoms with Crippen LogP contribution in [-0.2, 0) is 15.7 Å². The maximum Gasteiger partial charge on any atom is 0.265 e. The van der Waals surface area contributed by atoms with Crippen molar-refractivity contribution in [2.45, 2.75) is 11.5 Å². The molecule has 0 N–H and O–H groups in total. The van der Waals surface area contributed by atoms with Crippen molar-refractivity contribution in [1.82, 2.24) is 0 Å². The normalized spacial score (nSPS) is 10.9. The van der Waals surface area contributed by atoms with Gasteiger partial charge in [0.1, 0.15) is 17.3 Å². The molecule has 2 aromatic carbocycles. The summed E-state index contributed by atoms with van der Waals surface area (Å²) in [4.78, 5) is -0.102. The van der Waals surface area contributed by atoms with E-state index in [2.05, 4.69) is 15.9 Å². The Labute approximate surface area is 135 Å². The average molecular weight is 387 g/mol. The number of halogens is 2. The Morgan fingerprint density at radius 2 is 2.00 bits per heavy atom. The minimum atomic E-state index is -3.91. The SMILES string of the molecule is N#Cc1cccc(COc2ccc(Br)cc2S(=O)(=O)Cl)c1. The van der Waals surface area contributed by atoms with Gasteiger partial charge in [-0.05, 0) is 35.9 Å². The number of nitrogens with zero attached hydrogens (tertiary/aromatic N) is 1. The highest BCUT2D eigenvalue weighted by molar-refractivity contribution is 9.10. The fourth-order valence-electron chi connectivity index (χ4n) is 1.68. The molecule has 0 radical (unpaired) electrons. The van der Waals surface area contributed by atoms with Crippen LogP contribution in [0.4, 0.5) is 0 Å². The van der Waals surface area contributed by atoms with Gasteiger partial charge in [-0.2, -0.15) is 5.26 Å². The molecular formula is C14H9BrClNO3S. The summed E-state index contributed by atoms with van der Waals surface area (Å²) in [6.45, 7) is 0.135. The van der Waals surface area contributed by atoms with Gasteiger partial charge in [0.05, 0.1) is 11.6 Å². The molecule has 0 aromatic heterocycles. The highest BCUT2D eigenvalue weighted by Gasteiger charge is 2.17. The van der Waals surface area contributed by atoms with E-state index in [0.29, 0.717) is 10.0 Å². The number of benzene rings is 2. The monoisotopic (exact) mass is 385 g/mol.